The lowest BCUT2D eigenvalue weighted by Gasteiger charge is -2.15. The number of nitrogens with zero attached hydrogens (tertiary/aromatic N) is 3. The molecule has 206 valence electrons. The molecule has 0 aliphatic heterocycles. The van der Waals surface area contributed by atoms with E-state index in [1.807, 2.05) is 48.9 Å². The highest BCUT2D eigenvalue weighted by molar-refractivity contribution is 7.90. The van der Waals surface area contributed by atoms with Crippen LogP contribution in [0.2, 0.25) is 5.02 Å². The van der Waals surface area contributed by atoms with Gasteiger partial charge in [0.2, 0.25) is 0 Å². The van der Waals surface area contributed by atoms with Crippen LogP contribution >= 0.6 is 11.6 Å². The highest BCUT2D eigenvalue weighted by atomic mass is 35.5. The molecule has 0 N–H and O–H groups in total. The topological polar surface area (TPSA) is 87.2 Å². The number of aromatic nitrogens is 3. The lowest BCUT2D eigenvalue weighted by atomic mass is 9.98. The summed E-state index contributed by atoms with van der Waals surface area (Å²) in [7, 11) is -3.42. The quantitative estimate of drug-likeness (QED) is 0.198. The molecule has 0 unspecified atom stereocenters. The average Bonchev–Trinajstić information content (AvgIpc) is 3.43. The number of hydrogen-bond acceptors (Lipinski definition) is 6. The van der Waals surface area contributed by atoms with Crippen LogP contribution < -0.4 is 4.74 Å². The maximum atomic E-state index is 12.7. The van der Waals surface area contributed by atoms with Crippen LogP contribution in [0.3, 0.4) is 0 Å². The fraction of sp³-hybridized carbons (Fsp3) is 0.172. The second-order valence-electron chi connectivity index (χ2n) is 9.26. The van der Waals surface area contributed by atoms with Gasteiger partial charge in [0.05, 0.1) is 21.3 Å². The van der Waals surface area contributed by atoms with E-state index in [1.54, 1.807) is 25.1 Å². The number of imidazole rings is 1. The second kappa shape index (κ2) is 10.5. The predicted molar refractivity (Wildman–Crippen MR) is 149 cm³/mol. The van der Waals surface area contributed by atoms with Gasteiger partial charge in [-0.3, -0.25) is 0 Å². The molecule has 0 bridgehead atoms. The smallest absolute Gasteiger partial charge is 0.387 e. The molecule has 0 aliphatic rings. The third-order valence-electron chi connectivity index (χ3n) is 6.25. The van der Waals surface area contributed by atoms with Crippen LogP contribution in [0.15, 0.2) is 76.2 Å². The lowest BCUT2D eigenvalue weighted by Crippen LogP contribution is -2.02. The molecule has 40 heavy (non-hydrogen) atoms. The predicted octanol–water partition coefficient (Wildman–Crippen LogP) is 7.44. The summed E-state index contributed by atoms with van der Waals surface area (Å²) in [5, 5.41) is 0.142. The van der Waals surface area contributed by atoms with E-state index >= 15 is 0 Å². The Morgan fingerprint density at radius 3 is 2.35 bits per heavy atom. The molecule has 3 aromatic carbocycles. The number of hydrogen-bond donors (Lipinski definition) is 0. The molecule has 5 aromatic rings. The van der Waals surface area contributed by atoms with Gasteiger partial charge in [-0.25, -0.2) is 18.4 Å². The molecular formula is C29H24ClF2N3O4S. The summed E-state index contributed by atoms with van der Waals surface area (Å²) in [5.41, 5.74) is 4.59. The molecule has 0 fully saturated rings. The van der Waals surface area contributed by atoms with E-state index in [4.69, 9.17) is 16.0 Å². The van der Waals surface area contributed by atoms with E-state index in [-0.39, 0.29) is 15.7 Å². The highest BCUT2D eigenvalue weighted by Gasteiger charge is 2.23. The standard InChI is InChI=1S/C29H24ClF2N3O4S/c1-16-15-35(17(2)33-16)26-11-8-20(19-6-5-7-22(12-19)40(4,36)37)13-24(26)27-28(38-18(3)34-27)23-10-9-21(14-25(23)30)39-29(31)32/h5-15,29H,1-4H3. The molecule has 11 heteroatoms. The van der Waals surface area contributed by atoms with Crippen molar-refractivity contribution in [2.24, 2.45) is 0 Å². The van der Waals surface area contributed by atoms with Gasteiger partial charge in [0, 0.05) is 30.5 Å². The van der Waals surface area contributed by atoms with Gasteiger partial charge < -0.3 is 13.7 Å². The van der Waals surface area contributed by atoms with Crippen molar-refractivity contribution in [3.63, 3.8) is 0 Å². The van der Waals surface area contributed by atoms with Crippen LogP contribution in [-0.2, 0) is 9.84 Å². The van der Waals surface area contributed by atoms with E-state index < -0.39 is 16.4 Å². The Morgan fingerprint density at radius 1 is 0.950 bits per heavy atom. The minimum absolute atomic E-state index is 0.0838. The monoisotopic (exact) mass is 583 g/mol. The molecule has 0 aliphatic carbocycles. The molecule has 0 amide bonds. The second-order valence-corrected chi connectivity index (χ2v) is 11.7. The van der Waals surface area contributed by atoms with Gasteiger partial charge in [-0.05, 0) is 67.4 Å². The number of rotatable bonds is 7. The van der Waals surface area contributed by atoms with Gasteiger partial charge in [0.15, 0.2) is 21.5 Å². The van der Waals surface area contributed by atoms with Crippen molar-refractivity contribution < 1.29 is 26.4 Å². The van der Waals surface area contributed by atoms with Crippen molar-refractivity contribution >= 4 is 21.4 Å². The molecule has 0 atom stereocenters. The first kappa shape index (κ1) is 27.5. The van der Waals surface area contributed by atoms with Crippen molar-refractivity contribution in [3.05, 3.63) is 89.3 Å². The van der Waals surface area contributed by atoms with Gasteiger partial charge in [0.1, 0.15) is 17.3 Å². The molecule has 5 rings (SSSR count). The zero-order valence-corrected chi connectivity index (χ0v) is 23.5. The summed E-state index contributed by atoms with van der Waals surface area (Å²) in [5.74, 6) is 1.37. The number of halogens is 3. The summed E-state index contributed by atoms with van der Waals surface area (Å²) in [6.07, 6.45) is 3.06. The van der Waals surface area contributed by atoms with E-state index in [0.29, 0.717) is 34.0 Å². The summed E-state index contributed by atoms with van der Waals surface area (Å²) in [6.45, 7) is 2.48. The first-order valence-electron chi connectivity index (χ1n) is 12.1. The van der Waals surface area contributed by atoms with Crippen molar-refractivity contribution in [1.29, 1.82) is 0 Å². The van der Waals surface area contributed by atoms with Crippen LogP contribution in [0.5, 0.6) is 5.75 Å². The molecule has 0 saturated carbocycles. The van der Waals surface area contributed by atoms with Crippen LogP contribution in [0.4, 0.5) is 8.78 Å². The molecule has 2 aromatic heterocycles. The first-order valence-corrected chi connectivity index (χ1v) is 14.4. The van der Waals surface area contributed by atoms with E-state index in [2.05, 4.69) is 14.7 Å². The lowest BCUT2D eigenvalue weighted by molar-refractivity contribution is -0.0498. The highest BCUT2D eigenvalue weighted by Crippen LogP contribution is 2.41. The minimum atomic E-state index is -3.42. The molecule has 0 radical (unpaired) electrons. The number of sulfone groups is 1. The molecule has 7 nitrogen and oxygen atoms in total. The Morgan fingerprint density at radius 2 is 1.70 bits per heavy atom. The first-order chi connectivity index (χ1) is 18.9. The molecule has 0 saturated heterocycles. The van der Waals surface area contributed by atoms with Gasteiger partial charge in [-0.2, -0.15) is 8.78 Å². The summed E-state index contributed by atoms with van der Waals surface area (Å²) < 4.78 is 62.3. The Bertz CT molecular complexity index is 1850. The van der Waals surface area contributed by atoms with E-state index in [9.17, 15) is 17.2 Å². The van der Waals surface area contributed by atoms with Crippen molar-refractivity contribution in [2.75, 3.05) is 6.26 Å². The van der Waals surface area contributed by atoms with Crippen LogP contribution in [-0.4, -0.2) is 35.8 Å². The van der Waals surface area contributed by atoms with Crippen LogP contribution in [0.25, 0.3) is 39.4 Å². The third-order valence-corrected chi connectivity index (χ3v) is 7.68. The van der Waals surface area contributed by atoms with Gasteiger partial charge in [0.25, 0.3) is 0 Å². The largest absolute Gasteiger partial charge is 0.440 e. The molecule has 0 spiro atoms. The van der Waals surface area contributed by atoms with Crippen molar-refractivity contribution in [1.82, 2.24) is 14.5 Å². The van der Waals surface area contributed by atoms with Gasteiger partial charge >= 0.3 is 6.61 Å². The van der Waals surface area contributed by atoms with Crippen molar-refractivity contribution in [3.8, 4) is 45.1 Å². The Kier molecular flexibility index (Phi) is 7.24. The number of alkyl halides is 2. The fourth-order valence-corrected chi connectivity index (χ4v) is 5.46. The maximum Gasteiger partial charge on any atom is 0.387 e. The Hall–Kier alpha value is -4.02. The Balaban J connectivity index is 1.74. The average molecular weight is 584 g/mol. The maximum absolute atomic E-state index is 12.7. The molecule has 2 heterocycles. The number of oxazole rings is 1. The third kappa shape index (κ3) is 5.50. The van der Waals surface area contributed by atoms with E-state index in [0.717, 1.165) is 29.0 Å². The normalized spacial score (nSPS) is 11.8. The summed E-state index contributed by atoms with van der Waals surface area (Å²) >= 11 is 6.50. The number of ether oxygens (including phenoxy) is 1. The molecular weight excluding hydrogens is 560 g/mol. The van der Waals surface area contributed by atoms with Gasteiger partial charge in [-0.1, -0.05) is 29.8 Å². The minimum Gasteiger partial charge on any atom is -0.440 e. The van der Waals surface area contributed by atoms with Crippen LogP contribution in [0, 0.1) is 20.8 Å². The van der Waals surface area contributed by atoms with Crippen molar-refractivity contribution in [2.45, 2.75) is 32.3 Å². The SMILES string of the molecule is Cc1cn(-c2ccc(-c3cccc(S(C)(=O)=O)c3)cc2-c2nc(C)oc2-c2ccc(OC(F)F)cc2Cl)c(C)n1. The summed E-state index contributed by atoms with van der Waals surface area (Å²) in [4.78, 5) is 9.41. The number of benzene rings is 3. The van der Waals surface area contributed by atoms with E-state index in [1.165, 1.54) is 18.2 Å². The zero-order chi connectivity index (χ0) is 28.8. The number of aryl methyl sites for hydroxylation is 3. The summed E-state index contributed by atoms with van der Waals surface area (Å²) in [6, 6.07) is 16.6. The Labute approximate surface area is 235 Å². The fourth-order valence-electron chi connectivity index (χ4n) is 4.53. The van der Waals surface area contributed by atoms with Gasteiger partial charge in [-0.15, -0.1) is 0 Å². The zero-order valence-electron chi connectivity index (χ0n) is 21.9. The van der Waals surface area contributed by atoms with Crippen LogP contribution in [0.1, 0.15) is 17.4 Å².